The molecule has 0 spiro atoms. The Hall–Kier alpha value is -0.640. The molecule has 0 aliphatic carbocycles. The monoisotopic (exact) mass is 144 g/mol. The van der Waals surface area contributed by atoms with E-state index in [-0.39, 0.29) is 0 Å². The Bertz CT molecular complexity index is 204. The molecule has 9 heavy (non-hydrogen) atoms. The van der Waals surface area contributed by atoms with Crippen molar-refractivity contribution in [1.82, 2.24) is 9.97 Å². The molecule has 0 aliphatic heterocycles. The number of hydrogen-bond donors (Lipinski definition) is 0. The molecule has 0 atom stereocenters. The van der Waals surface area contributed by atoms with Gasteiger partial charge in [0.15, 0.2) is 0 Å². The Morgan fingerprint density at radius 1 is 1.56 bits per heavy atom. The Morgan fingerprint density at radius 3 is 2.78 bits per heavy atom. The van der Waals surface area contributed by atoms with Crippen molar-refractivity contribution in [3.8, 4) is 0 Å². The van der Waals surface area contributed by atoms with E-state index in [1.54, 1.807) is 0 Å². The minimum Gasteiger partial charge on any atom is -0.230 e. The van der Waals surface area contributed by atoms with Crippen LogP contribution in [-0.2, 0) is 0 Å². The average molecular weight is 144 g/mol. The lowest BCUT2D eigenvalue weighted by molar-refractivity contribution is 0.572. The molecule has 0 N–H and O–H groups in total. The molecule has 1 aromatic rings. The summed E-state index contributed by atoms with van der Waals surface area (Å²) in [4.78, 5) is 7.07. The first kappa shape index (κ1) is 6.48. The molecule has 0 unspecified atom stereocenters. The minimum atomic E-state index is -0.477. The van der Waals surface area contributed by atoms with Gasteiger partial charge >= 0.3 is 0 Å². The zero-order chi connectivity index (χ0) is 6.69. The van der Waals surface area contributed by atoms with Crippen LogP contribution in [0.1, 0.15) is 0 Å². The Morgan fingerprint density at radius 2 is 2.33 bits per heavy atom. The molecular formula is C5H5FN2S. The van der Waals surface area contributed by atoms with Crippen LogP contribution in [0.5, 0.6) is 0 Å². The fourth-order valence-corrected chi connectivity index (χ4v) is 0.797. The fraction of sp³-hybridized carbons (Fsp3) is 0.200. The van der Waals surface area contributed by atoms with E-state index in [9.17, 15) is 4.39 Å². The first-order valence-electron chi connectivity index (χ1n) is 2.34. The molecule has 48 valence electrons. The van der Waals surface area contributed by atoms with Crippen molar-refractivity contribution in [3.63, 3.8) is 0 Å². The number of thioether (sulfide) groups is 1. The normalized spacial score (nSPS) is 9.56. The molecule has 2 nitrogen and oxygen atoms in total. The summed E-state index contributed by atoms with van der Waals surface area (Å²) < 4.78 is 12.2. The van der Waals surface area contributed by atoms with Crippen LogP contribution < -0.4 is 0 Å². The van der Waals surface area contributed by atoms with E-state index in [4.69, 9.17) is 0 Å². The van der Waals surface area contributed by atoms with Gasteiger partial charge in [0.05, 0.1) is 0 Å². The van der Waals surface area contributed by atoms with Crippen LogP contribution in [0.2, 0.25) is 0 Å². The van der Waals surface area contributed by atoms with E-state index in [1.165, 1.54) is 24.2 Å². The molecule has 0 bridgehead atoms. The lowest BCUT2D eigenvalue weighted by atomic mass is 10.7. The molecule has 0 fully saturated rings. The fourth-order valence-electron chi connectivity index (χ4n) is 0.429. The highest BCUT2D eigenvalue weighted by atomic mass is 32.2. The van der Waals surface area contributed by atoms with Crippen molar-refractivity contribution in [1.29, 1.82) is 0 Å². The third kappa shape index (κ3) is 1.64. The first-order chi connectivity index (χ1) is 4.33. The van der Waals surface area contributed by atoms with Crippen molar-refractivity contribution < 1.29 is 4.39 Å². The maximum absolute atomic E-state index is 12.2. The molecule has 4 heteroatoms. The zero-order valence-corrected chi connectivity index (χ0v) is 5.65. The van der Waals surface area contributed by atoms with Gasteiger partial charge in [-0.05, 0) is 6.26 Å². The molecule has 0 radical (unpaired) electrons. The van der Waals surface area contributed by atoms with Crippen molar-refractivity contribution in [2.24, 2.45) is 0 Å². The molecular weight excluding hydrogens is 139 g/mol. The van der Waals surface area contributed by atoms with Gasteiger partial charge in [-0.1, -0.05) is 0 Å². The third-order valence-electron chi connectivity index (χ3n) is 0.818. The van der Waals surface area contributed by atoms with E-state index < -0.39 is 5.95 Å². The van der Waals surface area contributed by atoms with Gasteiger partial charge in [0.1, 0.15) is 11.4 Å². The maximum Gasteiger partial charge on any atom is 0.217 e. The maximum atomic E-state index is 12.2. The van der Waals surface area contributed by atoms with Crippen LogP contribution in [-0.4, -0.2) is 16.2 Å². The predicted molar refractivity (Wildman–Crippen MR) is 33.8 cm³/mol. The summed E-state index contributed by atoms with van der Waals surface area (Å²) in [7, 11) is 0. The molecule has 1 rings (SSSR count). The standard InChI is InChI=1S/C5H5FN2S/c1-9-5-2-4(6)7-3-8-5/h2-3H,1H3. The van der Waals surface area contributed by atoms with Gasteiger partial charge < -0.3 is 0 Å². The number of halogens is 1. The summed E-state index contributed by atoms with van der Waals surface area (Å²) in [6.07, 6.45) is 3.04. The molecule has 0 saturated heterocycles. The first-order valence-corrected chi connectivity index (χ1v) is 3.57. The Labute approximate surface area is 56.5 Å². The quantitative estimate of drug-likeness (QED) is 0.439. The third-order valence-corrected chi connectivity index (χ3v) is 1.46. The Balaban J connectivity index is 2.94. The van der Waals surface area contributed by atoms with Crippen LogP contribution in [0.4, 0.5) is 4.39 Å². The molecule has 0 amide bonds. The van der Waals surface area contributed by atoms with Crippen LogP contribution in [0.15, 0.2) is 17.4 Å². The van der Waals surface area contributed by atoms with E-state index in [1.807, 2.05) is 6.26 Å². The number of aromatic nitrogens is 2. The van der Waals surface area contributed by atoms with Gasteiger partial charge in [0, 0.05) is 6.07 Å². The molecule has 1 heterocycles. The second-order valence-electron chi connectivity index (χ2n) is 1.38. The van der Waals surface area contributed by atoms with Crippen LogP contribution >= 0.6 is 11.8 Å². The van der Waals surface area contributed by atoms with Crippen LogP contribution in [0.3, 0.4) is 0 Å². The number of rotatable bonds is 1. The van der Waals surface area contributed by atoms with Crippen molar-refractivity contribution in [3.05, 3.63) is 18.3 Å². The van der Waals surface area contributed by atoms with Crippen LogP contribution in [0.25, 0.3) is 0 Å². The second-order valence-corrected chi connectivity index (χ2v) is 2.21. The lowest BCUT2D eigenvalue weighted by Crippen LogP contribution is -1.84. The van der Waals surface area contributed by atoms with Gasteiger partial charge in [-0.15, -0.1) is 11.8 Å². The summed E-state index contributed by atoms with van der Waals surface area (Å²) in [5.74, 6) is -0.477. The lowest BCUT2D eigenvalue weighted by Gasteiger charge is -1.90. The molecule has 0 aromatic carbocycles. The van der Waals surface area contributed by atoms with Crippen LogP contribution in [0, 0.1) is 5.95 Å². The summed E-state index contributed by atoms with van der Waals surface area (Å²) >= 11 is 1.39. The van der Waals surface area contributed by atoms with Gasteiger partial charge in [0.25, 0.3) is 0 Å². The largest absolute Gasteiger partial charge is 0.230 e. The van der Waals surface area contributed by atoms with Crippen molar-refractivity contribution in [2.75, 3.05) is 6.26 Å². The second kappa shape index (κ2) is 2.77. The van der Waals surface area contributed by atoms with E-state index in [0.717, 1.165) is 0 Å². The Kier molecular flexibility index (Phi) is 2.00. The smallest absolute Gasteiger partial charge is 0.217 e. The highest BCUT2D eigenvalue weighted by Gasteiger charge is 1.92. The molecule has 0 saturated carbocycles. The summed E-state index contributed by atoms with van der Waals surface area (Å²) in [6.45, 7) is 0. The van der Waals surface area contributed by atoms with Crippen molar-refractivity contribution >= 4 is 11.8 Å². The average Bonchev–Trinajstić information content (AvgIpc) is 1.88. The SMILES string of the molecule is CSc1cc(F)ncn1. The molecule has 1 aromatic heterocycles. The van der Waals surface area contributed by atoms with Gasteiger partial charge in [-0.3, -0.25) is 0 Å². The van der Waals surface area contributed by atoms with Crippen molar-refractivity contribution in [2.45, 2.75) is 5.03 Å². The van der Waals surface area contributed by atoms with Gasteiger partial charge in [-0.2, -0.15) is 4.39 Å². The van der Waals surface area contributed by atoms with E-state index in [0.29, 0.717) is 5.03 Å². The number of nitrogens with zero attached hydrogens (tertiary/aromatic N) is 2. The molecule has 0 aliphatic rings. The van der Waals surface area contributed by atoms with E-state index >= 15 is 0 Å². The number of hydrogen-bond acceptors (Lipinski definition) is 3. The predicted octanol–water partition coefficient (Wildman–Crippen LogP) is 1.34. The summed E-state index contributed by atoms with van der Waals surface area (Å²) in [5, 5.41) is 0.655. The minimum absolute atomic E-state index is 0.477. The summed E-state index contributed by atoms with van der Waals surface area (Å²) in [5.41, 5.74) is 0. The summed E-state index contributed by atoms with van der Waals surface area (Å²) in [6, 6.07) is 1.30. The highest BCUT2D eigenvalue weighted by Crippen LogP contribution is 2.08. The topological polar surface area (TPSA) is 25.8 Å². The van der Waals surface area contributed by atoms with Gasteiger partial charge in [-0.25, -0.2) is 9.97 Å². The van der Waals surface area contributed by atoms with Gasteiger partial charge in [0.2, 0.25) is 5.95 Å². The highest BCUT2D eigenvalue weighted by molar-refractivity contribution is 7.98. The van der Waals surface area contributed by atoms with E-state index in [2.05, 4.69) is 9.97 Å². The zero-order valence-electron chi connectivity index (χ0n) is 4.84.